The first-order chi connectivity index (χ1) is 15.8. The fraction of sp³-hybridized carbons (Fsp3) is 0. The topological polar surface area (TPSA) is 0 Å². The normalized spacial score (nSPS) is 11.9. The van der Waals surface area contributed by atoms with Crippen molar-refractivity contribution >= 4 is 79.8 Å². The number of benzene rings is 6. The molecule has 0 bridgehead atoms. The molecule has 0 spiro atoms. The number of fused-ring (bicyclic) bond motifs is 7. The molecule has 0 aliphatic rings. The van der Waals surface area contributed by atoms with E-state index in [4.69, 9.17) is 0 Å². The maximum atomic E-state index is 3.91. The molecule has 0 radical (unpaired) electrons. The molecule has 1 heterocycles. The second-order valence-corrected chi connectivity index (χ2v) is 10.1. The third kappa shape index (κ3) is 2.48. The molecule has 6 aromatic carbocycles. The lowest BCUT2D eigenvalue weighted by Crippen LogP contribution is -1.89. The quantitative estimate of drug-likeness (QED) is 0.201. The molecule has 0 amide bonds. The van der Waals surface area contributed by atoms with Gasteiger partial charge in [-0.05, 0) is 66.1 Å². The molecular formula is C30H17BrS. The van der Waals surface area contributed by atoms with E-state index in [2.05, 4.69) is 119 Å². The van der Waals surface area contributed by atoms with Crippen molar-refractivity contribution in [3.8, 4) is 11.1 Å². The maximum absolute atomic E-state index is 3.91. The zero-order chi connectivity index (χ0) is 21.2. The number of hydrogen-bond acceptors (Lipinski definition) is 1. The average Bonchev–Trinajstić information content (AvgIpc) is 3.23. The van der Waals surface area contributed by atoms with Crippen LogP contribution >= 0.6 is 27.3 Å². The minimum Gasteiger partial charge on any atom is -0.135 e. The maximum Gasteiger partial charge on any atom is 0.0434 e. The van der Waals surface area contributed by atoms with E-state index in [9.17, 15) is 0 Å². The first-order valence-corrected chi connectivity index (χ1v) is 12.3. The highest BCUT2D eigenvalue weighted by molar-refractivity contribution is 9.10. The van der Waals surface area contributed by atoms with Gasteiger partial charge >= 0.3 is 0 Å². The van der Waals surface area contributed by atoms with Crippen LogP contribution in [-0.2, 0) is 0 Å². The van der Waals surface area contributed by atoms with Gasteiger partial charge in [-0.2, -0.15) is 0 Å². The lowest BCUT2D eigenvalue weighted by Gasteiger charge is -2.16. The standard InChI is InChI=1S/C30H17BrS/c31-29-22-13-4-2-11-20(22)28(21-12-3-5-14-23(21)29)25-17-26-19-10-7-8-16-27(19)32-30(26)24-15-6-1-9-18(24)25/h1-17H. The highest BCUT2D eigenvalue weighted by atomic mass is 79.9. The first-order valence-electron chi connectivity index (χ1n) is 10.7. The summed E-state index contributed by atoms with van der Waals surface area (Å²) in [6, 6.07) is 37.6. The molecule has 2 heteroatoms. The van der Waals surface area contributed by atoms with Crippen LogP contribution < -0.4 is 0 Å². The van der Waals surface area contributed by atoms with Crippen LogP contribution in [0.5, 0.6) is 0 Å². The molecule has 150 valence electrons. The molecule has 0 N–H and O–H groups in total. The molecular weight excluding hydrogens is 472 g/mol. The molecule has 0 unspecified atom stereocenters. The van der Waals surface area contributed by atoms with E-state index in [0.717, 1.165) is 0 Å². The van der Waals surface area contributed by atoms with Crippen LogP contribution in [0.4, 0.5) is 0 Å². The Bertz CT molecular complexity index is 1780. The van der Waals surface area contributed by atoms with Crippen LogP contribution in [0.3, 0.4) is 0 Å². The Morgan fingerprint density at radius 3 is 1.62 bits per heavy atom. The van der Waals surface area contributed by atoms with Crippen molar-refractivity contribution in [2.24, 2.45) is 0 Å². The Morgan fingerprint density at radius 1 is 0.469 bits per heavy atom. The molecule has 0 atom stereocenters. The second-order valence-electron chi connectivity index (χ2n) is 8.22. The van der Waals surface area contributed by atoms with E-state index in [1.54, 1.807) is 0 Å². The fourth-order valence-electron chi connectivity index (χ4n) is 5.12. The third-order valence-corrected chi connectivity index (χ3v) is 8.59. The molecule has 0 aliphatic carbocycles. The van der Waals surface area contributed by atoms with Crippen molar-refractivity contribution in [2.45, 2.75) is 0 Å². The van der Waals surface area contributed by atoms with Gasteiger partial charge in [-0.3, -0.25) is 0 Å². The number of rotatable bonds is 1. The molecule has 32 heavy (non-hydrogen) atoms. The minimum absolute atomic E-state index is 1.17. The van der Waals surface area contributed by atoms with Crippen molar-refractivity contribution in [1.82, 2.24) is 0 Å². The lowest BCUT2D eigenvalue weighted by atomic mass is 9.88. The highest BCUT2D eigenvalue weighted by Crippen LogP contribution is 2.47. The summed E-state index contributed by atoms with van der Waals surface area (Å²) in [7, 11) is 0. The van der Waals surface area contributed by atoms with E-state index < -0.39 is 0 Å². The molecule has 7 rings (SSSR count). The predicted molar refractivity (Wildman–Crippen MR) is 145 cm³/mol. The van der Waals surface area contributed by atoms with Gasteiger partial charge in [-0.25, -0.2) is 0 Å². The van der Waals surface area contributed by atoms with Gasteiger partial charge < -0.3 is 0 Å². The summed E-state index contributed by atoms with van der Waals surface area (Å²) in [5, 5.41) is 10.4. The van der Waals surface area contributed by atoms with Crippen molar-refractivity contribution in [3.05, 3.63) is 108 Å². The van der Waals surface area contributed by atoms with Gasteiger partial charge in [0.1, 0.15) is 0 Å². The molecule has 1 aromatic heterocycles. The summed E-state index contributed by atoms with van der Waals surface area (Å²) < 4.78 is 3.88. The molecule has 7 aromatic rings. The Kier molecular flexibility index (Phi) is 3.96. The van der Waals surface area contributed by atoms with Crippen molar-refractivity contribution < 1.29 is 0 Å². The zero-order valence-corrected chi connectivity index (χ0v) is 19.5. The third-order valence-electron chi connectivity index (χ3n) is 6.52. The summed E-state index contributed by atoms with van der Waals surface area (Å²) in [5.74, 6) is 0. The minimum atomic E-state index is 1.17. The first kappa shape index (κ1) is 18.4. The number of thiophene rings is 1. The van der Waals surface area contributed by atoms with Gasteiger partial charge in [0, 0.05) is 30.0 Å². The number of halogens is 1. The van der Waals surface area contributed by atoms with E-state index in [1.165, 1.54) is 68.1 Å². The Morgan fingerprint density at radius 2 is 0.969 bits per heavy atom. The lowest BCUT2D eigenvalue weighted by molar-refractivity contribution is 1.71. The van der Waals surface area contributed by atoms with Crippen LogP contribution in [0.15, 0.2) is 108 Å². The largest absolute Gasteiger partial charge is 0.135 e. The van der Waals surface area contributed by atoms with Gasteiger partial charge in [0.2, 0.25) is 0 Å². The van der Waals surface area contributed by atoms with Crippen molar-refractivity contribution in [3.63, 3.8) is 0 Å². The average molecular weight is 489 g/mol. The Labute approximate surface area is 197 Å². The van der Waals surface area contributed by atoms with Crippen molar-refractivity contribution in [1.29, 1.82) is 0 Å². The van der Waals surface area contributed by atoms with Crippen LogP contribution in [0.25, 0.3) is 63.6 Å². The van der Waals surface area contributed by atoms with Crippen LogP contribution in [-0.4, -0.2) is 0 Å². The SMILES string of the molecule is Brc1c2ccccc2c(-c2cc3c4ccccc4sc3c3ccccc23)c2ccccc12. The van der Waals surface area contributed by atoms with Crippen LogP contribution in [0.1, 0.15) is 0 Å². The summed E-state index contributed by atoms with van der Waals surface area (Å²) in [5.41, 5.74) is 2.62. The molecule has 0 nitrogen and oxygen atoms in total. The second kappa shape index (κ2) is 6.90. The monoisotopic (exact) mass is 488 g/mol. The van der Waals surface area contributed by atoms with Gasteiger partial charge in [-0.1, -0.05) is 91.0 Å². The van der Waals surface area contributed by atoms with Gasteiger partial charge in [0.05, 0.1) is 0 Å². The van der Waals surface area contributed by atoms with E-state index in [-0.39, 0.29) is 0 Å². The highest BCUT2D eigenvalue weighted by Gasteiger charge is 2.18. The van der Waals surface area contributed by atoms with Gasteiger partial charge in [-0.15, -0.1) is 11.3 Å². The summed E-state index contributed by atoms with van der Waals surface area (Å²) in [6.07, 6.45) is 0. The summed E-state index contributed by atoms with van der Waals surface area (Å²) >= 11 is 5.80. The molecule has 0 saturated carbocycles. The Hall–Kier alpha value is -3.20. The van der Waals surface area contributed by atoms with Gasteiger partial charge in [0.15, 0.2) is 0 Å². The molecule has 0 fully saturated rings. The zero-order valence-electron chi connectivity index (χ0n) is 17.1. The van der Waals surface area contributed by atoms with E-state index >= 15 is 0 Å². The van der Waals surface area contributed by atoms with Crippen LogP contribution in [0.2, 0.25) is 0 Å². The van der Waals surface area contributed by atoms with Crippen molar-refractivity contribution in [2.75, 3.05) is 0 Å². The molecule has 0 saturated heterocycles. The summed E-state index contributed by atoms with van der Waals surface area (Å²) in [4.78, 5) is 0. The van der Waals surface area contributed by atoms with E-state index in [0.29, 0.717) is 0 Å². The predicted octanol–water partition coefficient (Wildman–Crippen LogP) is 9.94. The molecule has 0 aliphatic heterocycles. The van der Waals surface area contributed by atoms with Gasteiger partial charge in [0.25, 0.3) is 0 Å². The van der Waals surface area contributed by atoms with Crippen LogP contribution in [0, 0.1) is 0 Å². The fourth-order valence-corrected chi connectivity index (χ4v) is 7.03. The Balaban J connectivity index is 1.77. The van der Waals surface area contributed by atoms with E-state index in [1.807, 2.05) is 11.3 Å². The smallest absolute Gasteiger partial charge is 0.0434 e. The number of hydrogen-bond donors (Lipinski definition) is 0. The summed E-state index contributed by atoms with van der Waals surface area (Å²) in [6.45, 7) is 0.